The summed E-state index contributed by atoms with van der Waals surface area (Å²) in [7, 11) is 1.54. The van der Waals surface area contributed by atoms with Crippen LogP contribution < -0.4 is 10.1 Å². The fraction of sp³-hybridized carbons (Fsp3) is 0.263. The fourth-order valence-electron chi connectivity index (χ4n) is 2.20. The van der Waals surface area contributed by atoms with Gasteiger partial charge in [-0.3, -0.25) is 4.79 Å². The molecule has 5 nitrogen and oxygen atoms in total. The van der Waals surface area contributed by atoms with Gasteiger partial charge in [-0.2, -0.15) is 0 Å². The van der Waals surface area contributed by atoms with E-state index in [4.69, 9.17) is 9.47 Å². The second-order valence-corrected chi connectivity index (χ2v) is 5.59. The number of rotatable bonds is 5. The molecule has 0 spiro atoms. The summed E-state index contributed by atoms with van der Waals surface area (Å²) in [5.41, 5.74) is 2.95. The number of methoxy groups -OCH3 is 1. The summed E-state index contributed by atoms with van der Waals surface area (Å²) in [6.07, 6.45) is -0.912. The van der Waals surface area contributed by atoms with E-state index in [1.807, 2.05) is 32.0 Å². The Bertz CT molecular complexity index is 755. The summed E-state index contributed by atoms with van der Waals surface area (Å²) in [6, 6.07) is 12.4. The average molecular weight is 327 g/mol. The molecule has 0 aromatic heterocycles. The summed E-state index contributed by atoms with van der Waals surface area (Å²) >= 11 is 0. The van der Waals surface area contributed by atoms with Crippen LogP contribution in [0.25, 0.3) is 0 Å². The molecule has 5 heteroatoms. The van der Waals surface area contributed by atoms with Crippen LogP contribution in [0.1, 0.15) is 28.4 Å². The van der Waals surface area contributed by atoms with E-state index in [9.17, 15) is 9.59 Å². The van der Waals surface area contributed by atoms with Crippen LogP contribution in [-0.4, -0.2) is 25.1 Å². The van der Waals surface area contributed by atoms with Crippen molar-refractivity contribution in [2.45, 2.75) is 26.9 Å². The van der Waals surface area contributed by atoms with E-state index >= 15 is 0 Å². The van der Waals surface area contributed by atoms with Crippen molar-refractivity contribution >= 4 is 17.6 Å². The second kappa shape index (κ2) is 7.64. The molecule has 1 N–H and O–H groups in total. The van der Waals surface area contributed by atoms with Crippen molar-refractivity contribution in [1.82, 2.24) is 0 Å². The number of amides is 1. The fourth-order valence-corrected chi connectivity index (χ4v) is 2.20. The van der Waals surface area contributed by atoms with Crippen LogP contribution in [0.15, 0.2) is 42.5 Å². The lowest BCUT2D eigenvalue weighted by atomic mass is 10.1. The Morgan fingerprint density at radius 2 is 1.83 bits per heavy atom. The predicted molar refractivity (Wildman–Crippen MR) is 92.4 cm³/mol. The largest absolute Gasteiger partial charge is 0.496 e. The van der Waals surface area contributed by atoms with Crippen LogP contribution >= 0.6 is 0 Å². The number of esters is 1. The predicted octanol–water partition coefficient (Wildman–Crippen LogP) is 3.50. The third-order valence-electron chi connectivity index (χ3n) is 3.58. The minimum absolute atomic E-state index is 0.340. The van der Waals surface area contributed by atoms with Gasteiger partial charge in [0, 0.05) is 5.69 Å². The molecule has 126 valence electrons. The maximum absolute atomic E-state index is 12.2. The molecule has 2 aromatic carbocycles. The molecule has 0 saturated heterocycles. The number of carbonyl (C=O) groups excluding carboxylic acids is 2. The van der Waals surface area contributed by atoms with Crippen molar-refractivity contribution < 1.29 is 19.1 Å². The molecule has 2 aromatic rings. The number of ether oxygens (including phenoxy) is 2. The van der Waals surface area contributed by atoms with Gasteiger partial charge in [-0.15, -0.1) is 0 Å². The lowest BCUT2D eigenvalue weighted by molar-refractivity contribution is -0.123. The molecule has 0 radical (unpaired) electrons. The lowest BCUT2D eigenvalue weighted by Gasteiger charge is -2.14. The average Bonchev–Trinajstić information content (AvgIpc) is 2.55. The Balaban J connectivity index is 2.01. The first-order valence-corrected chi connectivity index (χ1v) is 7.64. The third kappa shape index (κ3) is 4.35. The third-order valence-corrected chi connectivity index (χ3v) is 3.58. The minimum atomic E-state index is -0.912. The molecule has 24 heavy (non-hydrogen) atoms. The molecule has 0 aliphatic carbocycles. The van der Waals surface area contributed by atoms with Gasteiger partial charge in [0.25, 0.3) is 5.91 Å². The van der Waals surface area contributed by atoms with Crippen LogP contribution in [0.4, 0.5) is 5.69 Å². The highest BCUT2D eigenvalue weighted by Gasteiger charge is 2.19. The molecule has 0 bridgehead atoms. The van der Waals surface area contributed by atoms with Crippen LogP contribution in [0.5, 0.6) is 5.75 Å². The molecule has 0 aliphatic heterocycles. The standard InChI is InChI=1S/C19H21NO4/c1-12-6-5-7-16(10-12)20-18(21)14(3)24-19(22)15-9-8-13(2)17(11-15)23-4/h5-11,14H,1-4H3,(H,20,21)/t14-/m1/s1. The monoisotopic (exact) mass is 327 g/mol. The molecule has 0 heterocycles. The summed E-state index contributed by atoms with van der Waals surface area (Å²) in [5, 5.41) is 2.73. The van der Waals surface area contributed by atoms with Gasteiger partial charge in [-0.25, -0.2) is 4.79 Å². The number of carbonyl (C=O) groups is 2. The van der Waals surface area contributed by atoms with E-state index in [1.165, 1.54) is 14.0 Å². The lowest BCUT2D eigenvalue weighted by Crippen LogP contribution is -2.30. The zero-order valence-corrected chi connectivity index (χ0v) is 14.3. The Hall–Kier alpha value is -2.82. The molecular weight excluding hydrogens is 306 g/mol. The highest BCUT2D eigenvalue weighted by molar-refractivity contribution is 5.97. The van der Waals surface area contributed by atoms with Gasteiger partial charge < -0.3 is 14.8 Å². The molecule has 0 fully saturated rings. The maximum Gasteiger partial charge on any atom is 0.339 e. The van der Waals surface area contributed by atoms with E-state index in [-0.39, 0.29) is 5.91 Å². The van der Waals surface area contributed by atoms with Gasteiger partial charge >= 0.3 is 5.97 Å². The van der Waals surface area contributed by atoms with Crippen molar-refractivity contribution in [3.05, 3.63) is 59.2 Å². The van der Waals surface area contributed by atoms with Crippen LogP contribution in [-0.2, 0) is 9.53 Å². The Morgan fingerprint density at radius 1 is 1.08 bits per heavy atom. The number of nitrogens with one attached hydrogen (secondary N) is 1. The van der Waals surface area contributed by atoms with Gasteiger partial charge in [-0.05, 0) is 56.2 Å². The molecule has 1 atom stereocenters. The molecule has 1 amide bonds. The number of hydrogen-bond donors (Lipinski definition) is 1. The zero-order valence-electron chi connectivity index (χ0n) is 14.3. The maximum atomic E-state index is 12.2. The van der Waals surface area contributed by atoms with Gasteiger partial charge in [0.05, 0.1) is 12.7 Å². The van der Waals surface area contributed by atoms with Crippen molar-refractivity contribution in [2.75, 3.05) is 12.4 Å². The highest BCUT2D eigenvalue weighted by atomic mass is 16.5. The van der Waals surface area contributed by atoms with Crippen molar-refractivity contribution in [3.8, 4) is 5.75 Å². The number of benzene rings is 2. The number of hydrogen-bond acceptors (Lipinski definition) is 4. The molecule has 2 rings (SSSR count). The second-order valence-electron chi connectivity index (χ2n) is 5.59. The molecule has 0 aliphatic rings. The van der Waals surface area contributed by atoms with E-state index in [0.717, 1.165) is 11.1 Å². The van der Waals surface area contributed by atoms with Gasteiger partial charge in [0.1, 0.15) is 5.75 Å². The molecule has 0 saturated carbocycles. The van der Waals surface area contributed by atoms with Crippen molar-refractivity contribution in [1.29, 1.82) is 0 Å². The zero-order chi connectivity index (χ0) is 17.7. The van der Waals surface area contributed by atoms with Crippen molar-refractivity contribution in [3.63, 3.8) is 0 Å². The summed E-state index contributed by atoms with van der Waals surface area (Å²) < 4.78 is 10.4. The first-order valence-electron chi connectivity index (χ1n) is 7.64. The van der Waals surface area contributed by atoms with Crippen LogP contribution in [0, 0.1) is 13.8 Å². The normalized spacial score (nSPS) is 11.5. The molecular formula is C19H21NO4. The van der Waals surface area contributed by atoms with Crippen molar-refractivity contribution in [2.24, 2.45) is 0 Å². The first-order chi connectivity index (χ1) is 11.4. The van der Waals surface area contributed by atoms with E-state index in [1.54, 1.807) is 24.3 Å². The Morgan fingerprint density at radius 3 is 2.50 bits per heavy atom. The molecule has 0 unspecified atom stereocenters. The van der Waals surface area contributed by atoms with Crippen LogP contribution in [0.3, 0.4) is 0 Å². The Labute approximate surface area is 141 Å². The highest BCUT2D eigenvalue weighted by Crippen LogP contribution is 2.20. The van der Waals surface area contributed by atoms with Gasteiger partial charge in [0.15, 0.2) is 6.10 Å². The van der Waals surface area contributed by atoms with E-state index < -0.39 is 12.1 Å². The summed E-state index contributed by atoms with van der Waals surface area (Å²) in [5.74, 6) is -0.352. The number of anilines is 1. The smallest absolute Gasteiger partial charge is 0.339 e. The minimum Gasteiger partial charge on any atom is -0.496 e. The topological polar surface area (TPSA) is 64.6 Å². The first kappa shape index (κ1) is 17.5. The van der Waals surface area contributed by atoms with E-state index in [2.05, 4.69) is 5.32 Å². The summed E-state index contributed by atoms with van der Waals surface area (Å²) in [6.45, 7) is 5.35. The van der Waals surface area contributed by atoms with Gasteiger partial charge in [-0.1, -0.05) is 18.2 Å². The van der Waals surface area contributed by atoms with E-state index in [0.29, 0.717) is 17.0 Å². The van der Waals surface area contributed by atoms with Crippen LogP contribution in [0.2, 0.25) is 0 Å². The SMILES string of the molecule is COc1cc(C(=O)O[C@H](C)C(=O)Nc2cccc(C)c2)ccc1C. The Kier molecular flexibility index (Phi) is 5.58. The quantitative estimate of drug-likeness (QED) is 0.854. The number of aryl methyl sites for hydroxylation is 2. The summed E-state index contributed by atoms with van der Waals surface area (Å²) in [4.78, 5) is 24.3. The van der Waals surface area contributed by atoms with Gasteiger partial charge in [0.2, 0.25) is 0 Å².